The molecule has 2 aliphatic rings. The van der Waals surface area contributed by atoms with E-state index in [4.69, 9.17) is 4.74 Å². The summed E-state index contributed by atoms with van der Waals surface area (Å²) >= 11 is 0. The molecule has 1 saturated carbocycles. The maximum Gasteiger partial charge on any atom is 0.263 e. The second kappa shape index (κ2) is 7.92. The van der Waals surface area contributed by atoms with Crippen molar-refractivity contribution < 1.29 is 14.3 Å². The third-order valence-corrected chi connectivity index (χ3v) is 5.32. The van der Waals surface area contributed by atoms with Crippen molar-refractivity contribution in [3.05, 3.63) is 65.7 Å². The summed E-state index contributed by atoms with van der Waals surface area (Å²) in [5, 5.41) is 3.52. The van der Waals surface area contributed by atoms with Gasteiger partial charge in [-0.15, -0.1) is 0 Å². The van der Waals surface area contributed by atoms with Crippen molar-refractivity contribution in [2.45, 2.75) is 44.3 Å². The van der Waals surface area contributed by atoms with Crippen molar-refractivity contribution in [3.63, 3.8) is 0 Å². The van der Waals surface area contributed by atoms with Crippen LogP contribution in [0.2, 0.25) is 0 Å². The third kappa shape index (κ3) is 3.74. The molecule has 2 aromatic carbocycles. The quantitative estimate of drug-likeness (QED) is 0.796. The molecule has 1 fully saturated rings. The van der Waals surface area contributed by atoms with Crippen LogP contribution in [0.1, 0.15) is 52.8 Å². The Balaban J connectivity index is 1.55. The van der Waals surface area contributed by atoms with Crippen LogP contribution in [0.25, 0.3) is 0 Å². The molecule has 5 nitrogen and oxygen atoms in total. The van der Waals surface area contributed by atoms with Gasteiger partial charge in [-0.1, -0.05) is 49.6 Å². The molecule has 1 unspecified atom stereocenters. The van der Waals surface area contributed by atoms with Gasteiger partial charge >= 0.3 is 0 Å². The van der Waals surface area contributed by atoms with Gasteiger partial charge in [0.15, 0.2) is 0 Å². The molecule has 140 valence electrons. The standard InChI is InChI=1S/C22H24N2O3/c25-21-18-13-7-8-14-19(18)22(26)24(21)20(23-16-9-3-1-4-10-16)15-27-17-11-5-2-6-12-17/h2,5-8,11-14,16,20,23H,1,3-4,9-10,15H2. The number of rotatable bonds is 6. The minimum absolute atomic E-state index is 0.228. The van der Waals surface area contributed by atoms with Crippen molar-refractivity contribution in [2.75, 3.05) is 6.61 Å². The smallest absolute Gasteiger partial charge is 0.263 e. The molecule has 0 radical (unpaired) electrons. The monoisotopic (exact) mass is 364 g/mol. The van der Waals surface area contributed by atoms with Gasteiger partial charge in [0.05, 0.1) is 11.1 Å². The van der Waals surface area contributed by atoms with Gasteiger partial charge in [0.2, 0.25) is 0 Å². The Bertz CT molecular complexity index is 780. The summed E-state index contributed by atoms with van der Waals surface area (Å²) in [7, 11) is 0. The first-order chi connectivity index (χ1) is 13.2. The maximum absolute atomic E-state index is 12.9. The van der Waals surface area contributed by atoms with Gasteiger partial charge in [0, 0.05) is 6.04 Å². The number of para-hydroxylation sites is 1. The summed E-state index contributed by atoms with van der Waals surface area (Å²) in [6.45, 7) is 0.228. The molecule has 1 aliphatic carbocycles. The zero-order valence-corrected chi connectivity index (χ0v) is 15.3. The highest BCUT2D eigenvalue weighted by molar-refractivity contribution is 6.21. The van der Waals surface area contributed by atoms with Gasteiger partial charge in [-0.2, -0.15) is 0 Å². The van der Waals surface area contributed by atoms with Crippen LogP contribution in [0.15, 0.2) is 54.6 Å². The molecule has 4 rings (SSSR count). The van der Waals surface area contributed by atoms with E-state index in [1.807, 2.05) is 30.3 Å². The van der Waals surface area contributed by atoms with Crippen molar-refractivity contribution in [1.82, 2.24) is 10.2 Å². The zero-order valence-electron chi connectivity index (χ0n) is 15.3. The second-order valence-corrected chi connectivity index (χ2v) is 7.17. The van der Waals surface area contributed by atoms with E-state index in [1.54, 1.807) is 24.3 Å². The van der Waals surface area contributed by atoms with E-state index in [9.17, 15) is 9.59 Å². The molecule has 0 bridgehead atoms. The minimum Gasteiger partial charge on any atom is -0.490 e. The summed E-state index contributed by atoms with van der Waals surface area (Å²) in [5.74, 6) is 0.227. The van der Waals surface area contributed by atoms with Gasteiger partial charge in [-0.3, -0.25) is 19.8 Å². The Labute approximate surface area is 159 Å². The summed E-state index contributed by atoms with van der Waals surface area (Å²) < 4.78 is 5.91. The van der Waals surface area contributed by atoms with E-state index in [1.165, 1.54) is 24.2 Å². The molecule has 2 amide bonds. The van der Waals surface area contributed by atoms with Crippen LogP contribution >= 0.6 is 0 Å². The van der Waals surface area contributed by atoms with E-state index in [0.717, 1.165) is 18.6 Å². The normalized spacial score (nSPS) is 18.4. The first-order valence-electron chi connectivity index (χ1n) is 9.65. The molecule has 1 aliphatic heterocycles. The maximum atomic E-state index is 12.9. The molecule has 2 aromatic rings. The number of benzene rings is 2. The highest BCUT2D eigenvalue weighted by Crippen LogP contribution is 2.26. The lowest BCUT2D eigenvalue weighted by Gasteiger charge is -2.32. The largest absolute Gasteiger partial charge is 0.490 e. The Hall–Kier alpha value is -2.66. The van der Waals surface area contributed by atoms with Crippen LogP contribution in [-0.2, 0) is 0 Å². The second-order valence-electron chi connectivity index (χ2n) is 7.17. The van der Waals surface area contributed by atoms with Crippen molar-refractivity contribution in [1.29, 1.82) is 0 Å². The van der Waals surface area contributed by atoms with Crippen LogP contribution in [-0.4, -0.2) is 35.5 Å². The van der Waals surface area contributed by atoms with Crippen molar-refractivity contribution in [3.8, 4) is 5.75 Å². The first-order valence-corrected chi connectivity index (χ1v) is 9.65. The molecule has 0 aromatic heterocycles. The topological polar surface area (TPSA) is 58.6 Å². The van der Waals surface area contributed by atoms with Crippen LogP contribution in [0.5, 0.6) is 5.75 Å². The molecule has 5 heteroatoms. The number of ether oxygens (including phenoxy) is 1. The molecule has 27 heavy (non-hydrogen) atoms. The van der Waals surface area contributed by atoms with E-state index >= 15 is 0 Å². The van der Waals surface area contributed by atoms with E-state index < -0.39 is 6.17 Å². The average molecular weight is 364 g/mol. The molecular weight excluding hydrogens is 340 g/mol. The SMILES string of the molecule is O=C1c2ccccc2C(=O)N1C(COc1ccccc1)NC1CCCCC1. The summed E-state index contributed by atoms with van der Waals surface area (Å²) in [6, 6.07) is 16.8. The van der Waals surface area contributed by atoms with Gasteiger partial charge in [0.1, 0.15) is 18.5 Å². The predicted molar refractivity (Wildman–Crippen MR) is 103 cm³/mol. The number of imide groups is 1. The Kier molecular flexibility index (Phi) is 5.21. The number of carbonyl (C=O) groups excluding carboxylic acids is 2. The van der Waals surface area contributed by atoms with E-state index in [-0.39, 0.29) is 18.4 Å². The average Bonchev–Trinajstić information content (AvgIpc) is 2.98. The third-order valence-electron chi connectivity index (χ3n) is 5.32. The highest BCUT2D eigenvalue weighted by Gasteiger charge is 2.40. The molecule has 1 N–H and O–H groups in total. The van der Waals surface area contributed by atoms with Gasteiger partial charge < -0.3 is 4.74 Å². The molecule has 0 saturated heterocycles. The van der Waals surface area contributed by atoms with Crippen molar-refractivity contribution in [2.24, 2.45) is 0 Å². The number of hydrogen-bond donors (Lipinski definition) is 1. The van der Waals surface area contributed by atoms with Gasteiger partial charge in [-0.05, 0) is 37.1 Å². The number of hydrogen-bond acceptors (Lipinski definition) is 4. The van der Waals surface area contributed by atoms with Crippen LogP contribution in [0, 0.1) is 0 Å². The Morgan fingerprint density at radius 2 is 1.48 bits per heavy atom. The van der Waals surface area contributed by atoms with Gasteiger partial charge in [0.25, 0.3) is 11.8 Å². The fourth-order valence-corrected chi connectivity index (χ4v) is 3.92. The minimum atomic E-state index is -0.485. The number of nitrogens with zero attached hydrogens (tertiary/aromatic N) is 1. The van der Waals surface area contributed by atoms with Crippen LogP contribution in [0.3, 0.4) is 0 Å². The first kappa shape index (κ1) is 17.7. The predicted octanol–water partition coefficient (Wildman–Crippen LogP) is 3.61. The fraction of sp³-hybridized carbons (Fsp3) is 0.364. The highest BCUT2D eigenvalue weighted by atomic mass is 16.5. The number of amides is 2. The van der Waals surface area contributed by atoms with E-state index in [2.05, 4.69) is 5.32 Å². The number of fused-ring (bicyclic) bond motifs is 1. The van der Waals surface area contributed by atoms with Gasteiger partial charge in [-0.25, -0.2) is 0 Å². The lowest BCUT2D eigenvalue weighted by Crippen LogP contribution is -2.55. The summed E-state index contributed by atoms with van der Waals surface area (Å²) in [6.07, 6.45) is 5.23. The van der Waals surface area contributed by atoms with E-state index in [0.29, 0.717) is 17.2 Å². The number of carbonyl (C=O) groups is 2. The molecule has 0 spiro atoms. The number of nitrogens with one attached hydrogen (secondary N) is 1. The Morgan fingerprint density at radius 1 is 0.889 bits per heavy atom. The molecule has 1 atom stereocenters. The van der Waals surface area contributed by atoms with Crippen LogP contribution in [0.4, 0.5) is 0 Å². The molecule has 1 heterocycles. The fourth-order valence-electron chi connectivity index (χ4n) is 3.92. The lowest BCUT2D eigenvalue weighted by atomic mass is 9.95. The Morgan fingerprint density at radius 3 is 2.11 bits per heavy atom. The van der Waals surface area contributed by atoms with Crippen molar-refractivity contribution >= 4 is 11.8 Å². The summed E-state index contributed by atoms with van der Waals surface area (Å²) in [4.78, 5) is 27.2. The zero-order chi connectivity index (χ0) is 18.6. The summed E-state index contributed by atoms with van der Waals surface area (Å²) in [5.41, 5.74) is 0.940. The molecular formula is C22H24N2O3. The van der Waals surface area contributed by atoms with Crippen LogP contribution < -0.4 is 10.1 Å². The lowest BCUT2D eigenvalue weighted by molar-refractivity contribution is 0.0461.